The predicted octanol–water partition coefficient (Wildman–Crippen LogP) is 1.70. The molecule has 0 aliphatic heterocycles. The molecule has 0 saturated heterocycles. The summed E-state index contributed by atoms with van der Waals surface area (Å²) in [4.78, 5) is 27.9. The van der Waals surface area contributed by atoms with Gasteiger partial charge in [-0.05, 0) is 13.3 Å². The minimum atomic E-state index is -0.563. The molecule has 2 rings (SSSR count). The molecule has 0 fully saturated rings. The van der Waals surface area contributed by atoms with E-state index >= 15 is 0 Å². The summed E-state index contributed by atoms with van der Waals surface area (Å²) >= 11 is 0. The quantitative estimate of drug-likeness (QED) is 0.768. The van der Waals surface area contributed by atoms with Crippen LogP contribution in [0.1, 0.15) is 32.6 Å². The van der Waals surface area contributed by atoms with Crippen LogP contribution < -0.4 is 10.6 Å². The Hall–Kier alpha value is -2.70. The number of nitrogens with zero attached hydrogens (tertiary/aromatic N) is 2. The summed E-state index contributed by atoms with van der Waals surface area (Å²) in [5, 5.41) is 9.30. The van der Waals surface area contributed by atoms with Gasteiger partial charge in [0.2, 0.25) is 23.5 Å². The monoisotopic (exact) mass is 330 g/mol. The van der Waals surface area contributed by atoms with Crippen molar-refractivity contribution in [3.05, 3.63) is 36.2 Å². The van der Waals surface area contributed by atoms with Crippen LogP contribution in [-0.4, -0.2) is 34.5 Å². The average Bonchev–Trinajstić information content (AvgIpc) is 3.07. The van der Waals surface area contributed by atoms with E-state index in [0.29, 0.717) is 24.7 Å². The lowest BCUT2D eigenvalue weighted by atomic mass is 10.2. The second-order valence-corrected chi connectivity index (χ2v) is 5.46. The van der Waals surface area contributed by atoms with Crippen LogP contribution in [0.5, 0.6) is 0 Å². The largest absolute Gasteiger partial charge is 0.354 e. The van der Waals surface area contributed by atoms with Gasteiger partial charge in [0.15, 0.2) is 0 Å². The lowest BCUT2D eigenvalue weighted by Crippen LogP contribution is -2.45. The van der Waals surface area contributed by atoms with Crippen molar-refractivity contribution in [2.45, 2.75) is 39.2 Å². The first-order valence-electron chi connectivity index (χ1n) is 8.05. The van der Waals surface area contributed by atoms with Gasteiger partial charge in [-0.15, -0.1) is 0 Å². The van der Waals surface area contributed by atoms with Crippen LogP contribution in [0.4, 0.5) is 0 Å². The molecule has 2 aromatic rings. The Balaban J connectivity index is 1.80. The molecule has 1 aromatic heterocycles. The van der Waals surface area contributed by atoms with Gasteiger partial charge < -0.3 is 15.2 Å². The molecular weight excluding hydrogens is 308 g/mol. The van der Waals surface area contributed by atoms with E-state index in [-0.39, 0.29) is 18.2 Å². The van der Waals surface area contributed by atoms with Crippen molar-refractivity contribution in [3.8, 4) is 11.4 Å². The summed E-state index contributed by atoms with van der Waals surface area (Å²) < 4.78 is 5.15. The molecule has 0 unspecified atom stereocenters. The van der Waals surface area contributed by atoms with Crippen molar-refractivity contribution in [2.75, 3.05) is 6.54 Å². The standard InChI is InChI=1S/C17H22N4O3/c1-3-11-18-17(23)12(2)19-14(22)9-10-15-20-16(21-24-15)13-7-5-4-6-8-13/h4-8,12H,3,9-11H2,1-2H3,(H,18,23)(H,19,22)/t12-/m1/s1. The van der Waals surface area contributed by atoms with Crippen molar-refractivity contribution in [3.63, 3.8) is 0 Å². The summed E-state index contributed by atoms with van der Waals surface area (Å²) in [5.74, 6) is 0.480. The number of aromatic nitrogens is 2. The Morgan fingerprint density at radius 1 is 1.25 bits per heavy atom. The number of nitrogens with one attached hydrogen (secondary N) is 2. The van der Waals surface area contributed by atoms with Crippen molar-refractivity contribution in [2.24, 2.45) is 0 Å². The fourth-order valence-corrected chi connectivity index (χ4v) is 2.06. The minimum absolute atomic E-state index is 0.182. The van der Waals surface area contributed by atoms with Gasteiger partial charge in [-0.2, -0.15) is 4.98 Å². The Bertz CT molecular complexity index is 669. The molecule has 7 nitrogen and oxygen atoms in total. The van der Waals surface area contributed by atoms with E-state index in [1.807, 2.05) is 37.3 Å². The van der Waals surface area contributed by atoms with Crippen LogP contribution in [0.25, 0.3) is 11.4 Å². The van der Waals surface area contributed by atoms with Gasteiger partial charge in [-0.1, -0.05) is 42.4 Å². The van der Waals surface area contributed by atoms with Crippen LogP contribution in [0, 0.1) is 0 Å². The third-order valence-electron chi connectivity index (χ3n) is 3.39. The molecule has 2 amide bonds. The van der Waals surface area contributed by atoms with Crippen molar-refractivity contribution >= 4 is 11.8 Å². The summed E-state index contributed by atoms with van der Waals surface area (Å²) in [6.07, 6.45) is 1.37. The van der Waals surface area contributed by atoms with Gasteiger partial charge >= 0.3 is 0 Å². The zero-order valence-electron chi connectivity index (χ0n) is 13.9. The zero-order valence-corrected chi connectivity index (χ0v) is 13.9. The summed E-state index contributed by atoms with van der Waals surface area (Å²) in [6.45, 7) is 4.23. The third kappa shape index (κ3) is 5.19. The molecule has 7 heteroatoms. The molecule has 128 valence electrons. The molecule has 0 bridgehead atoms. The number of carbonyl (C=O) groups excluding carboxylic acids is 2. The minimum Gasteiger partial charge on any atom is -0.354 e. The molecule has 1 heterocycles. The number of benzene rings is 1. The Morgan fingerprint density at radius 2 is 2.00 bits per heavy atom. The zero-order chi connectivity index (χ0) is 17.4. The fraction of sp³-hybridized carbons (Fsp3) is 0.412. The van der Waals surface area contributed by atoms with Gasteiger partial charge in [-0.3, -0.25) is 9.59 Å². The maximum atomic E-state index is 11.9. The van der Waals surface area contributed by atoms with E-state index in [4.69, 9.17) is 4.52 Å². The molecule has 0 radical (unpaired) electrons. The van der Waals surface area contributed by atoms with Crippen molar-refractivity contribution < 1.29 is 14.1 Å². The highest BCUT2D eigenvalue weighted by Gasteiger charge is 2.16. The van der Waals surface area contributed by atoms with Gasteiger partial charge in [0.1, 0.15) is 6.04 Å². The van der Waals surface area contributed by atoms with Gasteiger partial charge in [-0.25, -0.2) is 0 Å². The molecule has 0 aliphatic rings. The van der Waals surface area contributed by atoms with Crippen LogP contribution >= 0.6 is 0 Å². The number of amides is 2. The van der Waals surface area contributed by atoms with E-state index in [1.165, 1.54) is 0 Å². The Kier molecular flexibility index (Phi) is 6.48. The van der Waals surface area contributed by atoms with E-state index in [0.717, 1.165) is 12.0 Å². The van der Waals surface area contributed by atoms with Gasteiger partial charge in [0, 0.05) is 24.9 Å². The first-order valence-corrected chi connectivity index (χ1v) is 8.05. The normalized spacial score (nSPS) is 11.8. The molecule has 0 spiro atoms. The van der Waals surface area contributed by atoms with E-state index in [2.05, 4.69) is 20.8 Å². The maximum absolute atomic E-state index is 11.9. The molecule has 24 heavy (non-hydrogen) atoms. The SMILES string of the molecule is CCCNC(=O)[C@@H](C)NC(=O)CCc1nc(-c2ccccc2)no1. The van der Waals surface area contributed by atoms with Crippen LogP contribution in [-0.2, 0) is 16.0 Å². The second-order valence-electron chi connectivity index (χ2n) is 5.46. The molecule has 1 atom stereocenters. The molecule has 1 aromatic carbocycles. The predicted molar refractivity (Wildman–Crippen MR) is 89.0 cm³/mol. The summed E-state index contributed by atoms with van der Waals surface area (Å²) in [5.41, 5.74) is 0.859. The summed E-state index contributed by atoms with van der Waals surface area (Å²) in [6, 6.07) is 8.91. The molecule has 0 aliphatic carbocycles. The first-order chi connectivity index (χ1) is 11.6. The van der Waals surface area contributed by atoms with Crippen LogP contribution in [0.15, 0.2) is 34.9 Å². The fourth-order valence-electron chi connectivity index (χ4n) is 2.06. The molecule has 2 N–H and O–H groups in total. The van der Waals surface area contributed by atoms with Crippen molar-refractivity contribution in [1.82, 2.24) is 20.8 Å². The highest BCUT2D eigenvalue weighted by molar-refractivity contribution is 5.87. The van der Waals surface area contributed by atoms with E-state index < -0.39 is 6.04 Å². The van der Waals surface area contributed by atoms with Crippen LogP contribution in [0.2, 0.25) is 0 Å². The maximum Gasteiger partial charge on any atom is 0.242 e. The van der Waals surface area contributed by atoms with E-state index in [1.54, 1.807) is 6.92 Å². The smallest absolute Gasteiger partial charge is 0.242 e. The summed E-state index contributed by atoms with van der Waals surface area (Å²) in [7, 11) is 0. The lowest BCUT2D eigenvalue weighted by Gasteiger charge is -2.13. The highest BCUT2D eigenvalue weighted by atomic mass is 16.5. The third-order valence-corrected chi connectivity index (χ3v) is 3.39. The average molecular weight is 330 g/mol. The number of aryl methyl sites for hydroxylation is 1. The van der Waals surface area contributed by atoms with Crippen LogP contribution in [0.3, 0.4) is 0 Å². The van der Waals surface area contributed by atoms with Gasteiger partial charge in [0.25, 0.3) is 0 Å². The number of hydrogen-bond donors (Lipinski definition) is 2. The molecule has 0 saturated carbocycles. The first kappa shape index (κ1) is 17.7. The number of carbonyl (C=O) groups is 2. The topological polar surface area (TPSA) is 97.1 Å². The Morgan fingerprint density at radius 3 is 2.71 bits per heavy atom. The Labute approximate surface area is 140 Å². The molecular formula is C17H22N4O3. The lowest BCUT2D eigenvalue weighted by molar-refractivity contribution is -0.128. The van der Waals surface area contributed by atoms with E-state index in [9.17, 15) is 9.59 Å². The number of rotatable bonds is 8. The van der Waals surface area contributed by atoms with Crippen molar-refractivity contribution in [1.29, 1.82) is 0 Å². The second kappa shape index (κ2) is 8.81. The van der Waals surface area contributed by atoms with Gasteiger partial charge in [0.05, 0.1) is 0 Å². The highest BCUT2D eigenvalue weighted by Crippen LogP contribution is 2.15. The number of hydrogen-bond acceptors (Lipinski definition) is 5.